The van der Waals surface area contributed by atoms with Crippen molar-refractivity contribution in [1.29, 1.82) is 0 Å². The van der Waals surface area contributed by atoms with E-state index in [0.29, 0.717) is 24.3 Å². The number of carbonyl (C=O) groups is 2. The summed E-state index contributed by atoms with van der Waals surface area (Å²) in [6.45, 7) is 1.27. The van der Waals surface area contributed by atoms with Gasteiger partial charge >= 0.3 is 0 Å². The van der Waals surface area contributed by atoms with Gasteiger partial charge in [-0.1, -0.05) is 12.1 Å². The van der Waals surface area contributed by atoms with Gasteiger partial charge in [-0.25, -0.2) is 0 Å². The summed E-state index contributed by atoms with van der Waals surface area (Å²) in [6, 6.07) is 7.22. The van der Waals surface area contributed by atoms with Gasteiger partial charge < -0.3 is 15.5 Å². The standard InChI is InChI=1S/C15H21N3O2.ClH/c1-16-9-10-17-14(19)12-5-3-4-6-13(12)18(2)15(20)11-7-8-11;/h3-6,11,16H,7-10H2,1-2H3,(H,17,19);1H. The van der Waals surface area contributed by atoms with Crippen LogP contribution < -0.4 is 15.5 Å². The lowest BCUT2D eigenvalue weighted by molar-refractivity contribution is -0.119. The van der Waals surface area contributed by atoms with Gasteiger partial charge in [-0.05, 0) is 32.0 Å². The third-order valence-corrected chi connectivity index (χ3v) is 3.43. The summed E-state index contributed by atoms with van der Waals surface area (Å²) >= 11 is 0. The predicted octanol–water partition coefficient (Wildman–Crippen LogP) is 1.43. The molecule has 0 saturated heterocycles. The highest BCUT2D eigenvalue weighted by atomic mass is 35.5. The Bertz CT molecular complexity index is 503. The van der Waals surface area contributed by atoms with Gasteiger partial charge in [-0.3, -0.25) is 9.59 Å². The van der Waals surface area contributed by atoms with E-state index in [1.165, 1.54) is 0 Å². The molecule has 0 unspecified atom stereocenters. The number of nitrogens with zero attached hydrogens (tertiary/aromatic N) is 1. The van der Waals surface area contributed by atoms with Crippen molar-refractivity contribution in [1.82, 2.24) is 10.6 Å². The second-order valence-electron chi connectivity index (χ2n) is 5.05. The maximum absolute atomic E-state index is 12.2. The summed E-state index contributed by atoms with van der Waals surface area (Å²) in [5.74, 6) is 0.0900. The molecule has 1 aliphatic rings. The minimum atomic E-state index is -0.147. The Balaban J connectivity index is 0.00000220. The molecule has 0 aromatic heterocycles. The fourth-order valence-corrected chi connectivity index (χ4v) is 2.08. The highest BCUT2D eigenvalue weighted by Crippen LogP contribution is 2.33. The Morgan fingerprint density at radius 1 is 1.24 bits per heavy atom. The Hall–Kier alpha value is -1.59. The number of amides is 2. The first kappa shape index (κ1) is 17.5. The quantitative estimate of drug-likeness (QED) is 0.781. The Morgan fingerprint density at radius 2 is 1.90 bits per heavy atom. The minimum Gasteiger partial charge on any atom is -0.351 e. The monoisotopic (exact) mass is 311 g/mol. The lowest BCUT2D eigenvalue weighted by atomic mass is 10.1. The molecule has 5 nitrogen and oxygen atoms in total. The highest BCUT2D eigenvalue weighted by molar-refractivity contribution is 6.05. The molecule has 0 radical (unpaired) electrons. The number of carbonyl (C=O) groups excluding carboxylic acids is 2. The molecule has 1 aromatic rings. The van der Waals surface area contributed by atoms with Gasteiger partial charge in [0.05, 0.1) is 11.3 Å². The van der Waals surface area contributed by atoms with Crippen molar-refractivity contribution in [3.63, 3.8) is 0 Å². The fraction of sp³-hybridized carbons (Fsp3) is 0.467. The predicted molar refractivity (Wildman–Crippen MR) is 86.1 cm³/mol. The molecule has 116 valence electrons. The third kappa shape index (κ3) is 4.44. The lowest BCUT2D eigenvalue weighted by Gasteiger charge is -2.20. The van der Waals surface area contributed by atoms with Crippen LogP contribution in [0, 0.1) is 5.92 Å². The van der Waals surface area contributed by atoms with Crippen LogP contribution in [0.3, 0.4) is 0 Å². The largest absolute Gasteiger partial charge is 0.351 e. The normalized spacial score (nSPS) is 13.2. The van der Waals surface area contributed by atoms with Crippen LogP contribution >= 0.6 is 12.4 Å². The first-order valence-electron chi connectivity index (χ1n) is 6.94. The number of nitrogens with one attached hydrogen (secondary N) is 2. The number of benzene rings is 1. The molecule has 2 rings (SSSR count). The van der Waals surface area contributed by atoms with Gasteiger partial charge in [0, 0.05) is 26.1 Å². The summed E-state index contributed by atoms with van der Waals surface area (Å²) in [7, 11) is 3.57. The zero-order valence-corrected chi connectivity index (χ0v) is 13.2. The lowest BCUT2D eigenvalue weighted by Crippen LogP contribution is -2.33. The van der Waals surface area contributed by atoms with Crippen LogP contribution in [0.15, 0.2) is 24.3 Å². The van der Waals surface area contributed by atoms with Gasteiger partial charge in [0.1, 0.15) is 0 Å². The smallest absolute Gasteiger partial charge is 0.253 e. The molecule has 0 spiro atoms. The first-order chi connectivity index (χ1) is 9.65. The zero-order chi connectivity index (χ0) is 14.5. The SMILES string of the molecule is CNCCNC(=O)c1ccccc1N(C)C(=O)C1CC1.Cl. The van der Waals surface area contributed by atoms with Crippen LogP contribution in [-0.4, -0.2) is 39.0 Å². The van der Waals surface area contributed by atoms with Gasteiger partial charge in [-0.2, -0.15) is 0 Å². The molecule has 6 heteroatoms. The van der Waals surface area contributed by atoms with Crippen molar-refractivity contribution in [2.75, 3.05) is 32.1 Å². The van der Waals surface area contributed by atoms with E-state index in [4.69, 9.17) is 0 Å². The molecule has 1 aromatic carbocycles. The van der Waals surface area contributed by atoms with Crippen molar-refractivity contribution < 1.29 is 9.59 Å². The van der Waals surface area contributed by atoms with E-state index in [0.717, 1.165) is 12.8 Å². The summed E-state index contributed by atoms with van der Waals surface area (Å²) in [5, 5.41) is 5.81. The molecule has 0 aliphatic heterocycles. The fourth-order valence-electron chi connectivity index (χ4n) is 2.08. The summed E-state index contributed by atoms with van der Waals surface area (Å²) in [5.41, 5.74) is 1.21. The average Bonchev–Trinajstić information content (AvgIpc) is 3.30. The van der Waals surface area contributed by atoms with Gasteiger partial charge in [0.25, 0.3) is 5.91 Å². The summed E-state index contributed by atoms with van der Waals surface area (Å²) < 4.78 is 0. The molecular formula is C15H22ClN3O2. The molecule has 0 atom stereocenters. The van der Waals surface area contributed by atoms with Crippen LogP contribution in [0.5, 0.6) is 0 Å². The first-order valence-corrected chi connectivity index (χ1v) is 6.94. The van der Waals surface area contributed by atoms with Gasteiger partial charge in [0.2, 0.25) is 5.91 Å². The van der Waals surface area contributed by atoms with Crippen molar-refractivity contribution in [2.24, 2.45) is 5.92 Å². The number of hydrogen-bond donors (Lipinski definition) is 2. The number of rotatable bonds is 6. The van der Waals surface area contributed by atoms with E-state index in [1.54, 1.807) is 18.0 Å². The van der Waals surface area contributed by atoms with Crippen molar-refractivity contribution in [3.05, 3.63) is 29.8 Å². The van der Waals surface area contributed by atoms with E-state index < -0.39 is 0 Å². The van der Waals surface area contributed by atoms with Crippen LogP contribution in [0.2, 0.25) is 0 Å². The van der Waals surface area contributed by atoms with Crippen LogP contribution in [0.4, 0.5) is 5.69 Å². The van der Waals surface area contributed by atoms with Crippen molar-refractivity contribution in [3.8, 4) is 0 Å². The van der Waals surface area contributed by atoms with E-state index >= 15 is 0 Å². The van der Waals surface area contributed by atoms with Gasteiger partial charge in [-0.15, -0.1) is 12.4 Å². The molecule has 2 amide bonds. The average molecular weight is 312 g/mol. The summed E-state index contributed by atoms with van der Waals surface area (Å²) in [6.07, 6.45) is 1.92. The van der Waals surface area contributed by atoms with Crippen molar-refractivity contribution in [2.45, 2.75) is 12.8 Å². The molecule has 1 saturated carbocycles. The highest BCUT2D eigenvalue weighted by Gasteiger charge is 2.33. The van der Waals surface area contributed by atoms with Crippen LogP contribution in [0.1, 0.15) is 23.2 Å². The maximum Gasteiger partial charge on any atom is 0.253 e. The Morgan fingerprint density at radius 3 is 2.52 bits per heavy atom. The van der Waals surface area contributed by atoms with E-state index in [1.807, 2.05) is 25.2 Å². The molecular weight excluding hydrogens is 290 g/mol. The molecule has 1 fully saturated rings. The van der Waals surface area contributed by atoms with E-state index in [2.05, 4.69) is 10.6 Å². The number of halogens is 1. The number of hydrogen-bond acceptors (Lipinski definition) is 3. The van der Waals surface area contributed by atoms with Crippen LogP contribution in [-0.2, 0) is 4.79 Å². The molecule has 21 heavy (non-hydrogen) atoms. The zero-order valence-electron chi connectivity index (χ0n) is 12.4. The van der Waals surface area contributed by atoms with E-state index in [-0.39, 0.29) is 30.1 Å². The number of likely N-dealkylation sites (N-methyl/N-ethyl adjacent to an activating group) is 1. The Labute approximate surface area is 131 Å². The van der Waals surface area contributed by atoms with Crippen molar-refractivity contribution >= 4 is 29.9 Å². The molecule has 1 aliphatic carbocycles. The van der Waals surface area contributed by atoms with Gasteiger partial charge in [0.15, 0.2) is 0 Å². The number of anilines is 1. The maximum atomic E-state index is 12.2. The second kappa shape index (κ2) is 8.00. The van der Waals surface area contributed by atoms with Crippen LogP contribution in [0.25, 0.3) is 0 Å². The molecule has 2 N–H and O–H groups in total. The third-order valence-electron chi connectivity index (χ3n) is 3.43. The number of para-hydroxylation sites is 1. The molecule has 0 heterocycles. The summed E-state index contributed by atoms with van der Waals surface area (Å²) in [4.78, 5) is 25.9. The minimum absolute atomic E-state index is 0. The molecule has 0 bridgehead atoms. The van der Waals surface area contributed by atoms with E-state index in [9.17, 15) is 9.59 Å². The second-order valence-corrected chi connectivity index (χ2v) is 5.05. The topological polar surface area (TPSA) is 61.4 Å². The Kier molecular flexibility index (Phi) is 6.65.